The summed E-state index contributed by atoms with van der Waals surface area (Å²) in [6.07, 6.45) is 0.762. The molecule has 3 aromatic carbocycles. The summed E-state index contributed by atoms with van der Waals surface area (Å²) in [6.45, 7) is 4.45. The third kappa shape index (κ3) is 5.19. The number of nitrogens with one attached hydrogen (secondary N) is 1. The fourth-order valence-electron chi connectivity index (χ4n) is 4.50. The zero-order valence-corrected chi connectivity index (χ0v) is 20.7. The van der Waals surface area contributed by atoms with Crippen molar-refractivity contribution in [2.24, 2.45) is 7.05 Å². The molecule has 7 nitrogen and oxygen atoms in total. The molecule has 5 rings (SSSR count). The van der Waals surface area contributed by atoms with Crippen LogP contribution in [0.4, 0.5) is 20.2 Å². The van der Waals surface area contributed by atoms with Crippen molar-refractivity contribution in [2.75, 3.05) is 42.3 Å². The second kappa shape index (κ2) is 9.87. The van der Waals surface area contributed by atoms with Gasteiger partial charge in [-0.15, -0.1) is 0 Å². The molecule has 1 aromatic heterocycles. The Hall–Kier alpha value is -3.50. The average molecular weight is 512 g/mol. The zero-order chi connectivity index (χ0) is 25.3. The summed E-state index contributed by atoms with van der Waals surface area (Å²) in [5.41, 5.74) is 3.05. The van der Waals surface area contributed by atoms with E-state index < -0.39 is 15.8 Å². The first kappa shape index (κ1) is 24.2. The Kier molecular flexibility index (Phi) is 6.63. The molecule has 36 heavy (non-hydrogen) atoms. The van der Waals surface area contributed by atoms with Crippen LogP contribution < -0.4 is 9.62 Å². The Morgan fingerprint density at radius 3 is 2.19 bits per heavy atom. The molecule has 1 aliphatic heterocycles. The van der Waals surface area contributed by atoms with E-state index in [0.29, 0.717) is 11.2 Å². The van der Waals surface area contributed by atoms with Gasteiger partial charge in [-0.25, -0.2) is 22.2 Å². The van der Waals surface area contributed by atoms with Crippen molar-refractivity contribution < 1.29 is 17.2 Å². The number of benzene rings is 3. The average Bonchev–Trinajstić information content (AvgIpc) is 3.18. The predicted octanol–water partition coefficient (Wildman–Crippen LogP) is 4.02. The number of piperazine rings is 1. The number of aromatic nitrogens is 2. The third-order valence-electron chi connectivity index (χ3n) is 6.57. The number of halogens is 2. The normalized spacial score (nSPS) is 14.9. The summed E-state index contributed by atoms with van der Waals surface area (Å²) in [6, 6.07) is 16.6. The maximum Gasteiger partial charge on any atom is 0.261 e. The van der Waals surface area contributed by atoms with E-state index in [4.69, 9.17) is 4.98 Å². The number of anilines is 2. The standard InChI is InChI=1S/C26H27F2N5O2S/c1-31-25-11-6-21(30-36(34,35)23-9-4-20(28)5-10-23)18-24(25)29-26(31)12-13-32-14-16-33(17-15-32)22-7-2-19(27)3-8-22/h2-11,18,30H,12-17H2,1H3. The molecule has 2 heterocycles. The molecule has 0 saturated carbocycles. The fourth-order valence-corrected chi connectivity index (χ4v) is 5.55. The van der Waals surface area contributed by atoms with Crippen LogP contribution in [0.1, 0.15) is 5.82 Å². The van der Waals surface area contributed by atoms with E-state index in [1.165, 1.54) is 24.3 Å². The summed E-state index contributed by atoms with van der Waals surface area (Å²) in [5, 5.41) is 0. The van der Waals surface area contributed by atoms with Crippen molar-refractivity contribution in [3.8, 4) is 0 Å². The Morgan fingerprint density at radius 2 is 1.53 bits per heavy atom. The predicted molar refractivity (Wildman–Crippen MR) is 137 cm³/mol. The van der Waals surface area contributed by atoms with Gasteiger partial charge in [0.1, 0.15) is 17.5 Å². The van der Waals surface area contributed by atoms with Crippen LogP contribution in [0.25, 0.3) is 11.0 Å². The van der Waals surface area contributed by atoms with Gasteiger partial charge in [0.2, 0.25) is 0 Å². The molecule has 1 aliphatic rings. The van der Waals surface area contributed by atoms with Gasteiger partial charge in [0.05, 0.1) is 21.6 Å². The molecule has 0 amide bonds. The molecule has 0 atom stereocenters. The summed E-state index contributed by atoms with van der Waals surface area (Å²) < 4.78 is 56.2. The second-order valence-corrected chi connectivity index (χ2v) is 10.6. The highest BCUT2D eigenvalue weighted by Crippen LogP contribution is 2.23. The summed E-state index contributed by atoms with van der Waals surface area (Å²) in [5.74, 6) is 0.202. The van der Waals surface area contributed by atoms with Crippen LogP contribution >= 0.6 is 0 Å². The van der Waals surface area contributed by atoms with Crippen LogP contribution in [0.3, 0.4) is 0 Å². The first-order valence-electron chi connectivity index (χ1n) is 11.8. The van der Waals surface area contributed by atoms with Gasteiger partial charge in [-0.05, 0) is 66.7 Å². The molecular weight excluding hydrogens is 484 g/mol. The Labute approximate surface area is 209 Å². The van der Waals surface area contributed by atoms with E-state index >= 15 is 0 Å². The lowest BCUT2D eigenvalue weighted by Crippen LogP contribution is -2.47. The van der Waals surface area contributed by atoms with Crippen molar-refractivity contribution in [3.63, 3.8) is 0 Å². The largest absolute Gasteiger partial charge is 0.369 e. The number of hydrogen-bond acceptors (Lipinski definition) is 5. The quantitative estimate of drug-likeness (QED) is 0.406. The van der Waals surface area contributed by atoms with E-state index in [9.17, 15) is 17.2 Å². The highest BCUT2D eigenvalue weighted by Gasteiger charge is 2.19. The molecule has 4 aromatic rings. The monoisotopic (exact) mass is 511 g/mol. The van der Waals surface area contributed by atoms with Crippen molar-refractivity contribution >= 4 is 32.4 Å². The van der Waals surface area contributed by atoms with Crippen LogP contribution in [0.5, 0.6) is 0 Å². The van der Waals surface area contributed by atoms with Gasteiger partial charge in [0.15, 0.2) is 0 Å². The molecule has 188 valence electrons. The second-order valence-electron chi connectivity index (χ2n) is 8.91. The van der Waals surface area contributed by atoms with Crippen molar-refractivity contribution in [2.45, 2.75) is 11.3 Å². The first-order valence-corrected chi connectivity index (χ1v) is 13.2. The molecule has 10 heteroatoms. The van der Waals surface area contributed by atoms with Crippen LogP contribution in [0.15, 0.2) is 71.6 Å². The van der Waals surface area contributed by atoms with E-state index in [1.807, 2.05) is 29.8 Å². The number of aryl methyl sites for hydroxylation is 1. The number of sulfonamides is 1. The molecule has 0 aliphatic carbocycles. The lowest BCUT2D eigenvalue weighted by molar-refractivity contribution is 0.259. The van der Waals surface area contributed by atoms with Crippen LogP contribution in [-0.2, 0) is 23.5 Å². The third-order valence-corrected chi connectivity index (χ3v) is 7.96. The minimum absolute atomic E-state index is 0.00904. The van der Waals surface area contributed by atoms with Gasteiger partial charge in [-0.3, -0.25) is 9.62 Å². The van der Waals surface area contributed by atoms with Gasteiger partial charge in [0.25, 0.3) is 10.0 Å². The topological polar surface area (TPSA) is 70.5 Å². The van der Waals surface area contributed by atoms with E-state index in [-0.39, 0.29) is 10.7 Å². The smallest absolute Gasteiger partial charge is 0.261 e. The van der Waals surface area contributed by atoms with E-state index in [2.05, 4.69) is 14.5 Å². The summed E-state index contributed by atoms with van der Waals surface area (Å²) in [4.78, 5) is 9.39. The lowest BCUT2D eigenvalue weighted by atomic mass is 10.2. The fraction of sp³-hybridized carbons (Fsp3) is 0.269. The number of fused-ring (bicyclic) bond motifs is 1. The summed E-state index contributed by atoms with van der Waals surface area (Å²) >= 11 is 0. The number of rotatable bonds is 7. The SMILES string of the molecule is Cn1c(CCN2CCN(c3ccc(F)cc3)CC2)nc2cc(NS(=O)(=O)c3ccc(F)cc3)ccc21. The van der Waals surface area contributed by atoms with Gasteiger partial charge >= 0.3 is 0 Å². The number of nitrogens with zero attached hydrogens (tertiary/aromatic N) is 4. The van der Waals surface area contributed by atoms with Crippen molar-refractivity contribution in [1.82, 2.24) is 14.5 Å². The molecule has 0 spiro atoms. The van der Waals surface area contributed by atoms with Gasteiger partial charge < -0.3 is 9.47 Å². The minimum Gasteiger partial charge on any atom is -0.369 e. The maximum absolute atomic E-state index is 13.2. The highest BCUT2D eigenvalue weighted by molar-refractivity contribution is 7.92. The maximum atomic E-state index is 13.2. The Morgan fingerprint density at radius 1 is 0.889 bits per heavy atom. The van der Waals surface area contributed by atoms with Crippen LogP contribution in [0.2, 0.25) is 0 Å². The Bertz CT molecular complexity index is 1460. The van der Waals surface area contributed by atoms with Gasteiger partial charge in [-0.1, -0.05) is 0 Å². The molecule has 0 bridgehead atoms. The van der Waals surface area contributed by atoms with Gasteiger partial charge in [-0.2, -0.15) is 0 Å². The molecule has 1 N–H and O–H groups in total. The first-order chi connectivity index (χ1) is 17.3. The Balaban J connectivity index is 1.22. The summed E-state index contributed by atoms with van der Waals surface area (Å²) in [7, 11) is -1.88. The van der Waals surface area contributed by atoms with Crippen molar-refractivity contribution in [3.05, 3.63) is 84.2 Å². The molecule has 0 unspecified atom stereocenters. The van der Waals surface area contributed by atoms with E-state index in [1.54, 1.807) is 12.1 Å². The van der Waals surface area contributed by atoms with Gasteiger partial charge in [0, 0.05) is 51.9 Å². The number of imidazole rings is 1. The molecule has 1 fully saturated rings. The molecular formula is C26H27F2N5O2S. The van der Waals surface area contributed by atoms with Crippen LogP contribution in [-0.4, -0.2) is 55.6 Å². The lowest BCUT2D eigenvalue weighted by Gasteiger charge is -2.36. The number of hydrogen-bond donors (Lipinski definition) is 1. The molecule has 0 radical (unpaired) electrons. The zero-order valence-electron chi connectivity index (χ0n) is 19.9. The molecule has 1 saturated heterocycles. The minimum atomic E-state index is -3.83. The van der Waals surface area contributed by atoms with Crippen molar-refractivity contribution in [1.29, 1.82) is 0 Å². The van der Waals surface area contributed by atoms with E-state index in [0.717, 1.165) is 68.3 Å². The highest BCUT2D eigenvalue weighted by atomic mass is 32.2. The van der Waals surface area contributed by atoms with Crippen LogP contribution in [0, 0.1) is 11.6 Å².